The van der Waals surface area contributed by atoms with Gasteiger partial charge in [-0.1, -0.05) is 25.5 Å². The van der Waals surface area contributed by atoms with E-state index in [0.29, 0.717) is 12.5 Å². The van der Waals surface area contributed by atoms with Gasteiger partial charge in [0.1, 0.15) is 11.6 Å². The summed E-state index contributed by atoms with van der Waals surface area (Å²) in [5.74, 6) is 2.01. The first-order valence-electron chi connectivity index (χ1n) is 8.57. The highest BCUT2D eigenvalue weighted by atomic mass is 19.1. The number of ether oxygens (including phenoxy) is 1. The Labute approximate surface area is 132 Å². The Morgan fingerprint density at radius 3 is 2.50 bits per heavy atom. The van der Waals surface area contributed by atoms with Gasteiger partial charge in [0.15, 0.2) is 0 Å². The molecule has 3 rings (SSSR count). The highest BCUT2D eigenvalue weighted by molar-refractivity contribution is 5.85. The molecule has 0 unspecified atom stereocenters. The maximum atomic E-state index is 14.9. The molecule has 2 aromatic carbocycles. The van der Waals surface area contributed by atoms with Gasteiger partial charge >= 0.3 is 0 Å². The van der Waals surface area contributed by atoms with Gasteiger partial charge in [-0.25, -0.2) is 4.39 Å². The minimum absolute atomic E-state index is 0.0273. The Morgan fingerprint density at radius 1 is 1.05 bits per heavy atom. The number of hydrogen-bond acceptors (Lipinski definition) is 1. The summed E-state index contributed by atoms with van der Waals surface area (Å²) in [5.41, 5.74) is 0.909. The molecule has 1 fully saturated rings. The minimum Gasteiger partial charge on any atom is -0.494 e. The van der Waals surface area contributed by atoms with Crippen LogP contribution >= 0.6 is 0 Å². The van der Waals surface area contributed by atoms with Crippen LogP contribution in [0.25, 0.3) is 10.8 Å². The summed E-state index contributed by atoms with van der Waals surface area (Å²) in [5, 5.41) is 1.65. The van der Waals surface area contributed by atoms with Crippen LogP contribution in [0, 0.1) is 11.7 Å². The van der Waals surface area contributed by atoms with E-state index in [1.807, 2.05) is 37.3 Å². The lowest BCUT2D eigenvalue weighted by molar-refractivity contribution is 0.315. The van der Waals surface area contributed by atoms with Crippen LogP contribution in [0.4, 0.5) is 4.39 Å². The van der Waals surface area contributed by atoms with Crippen molar-refractivity contribution in [2.75, 3.05) is 6.61 Å². The fourth-order valence-corrected chi connectivity index (χ4v) is 3.74. The minimum atomic E-state index is -0.0273. The van der Waals surface area contributed by atoms with Gasteiger partial charge in [-0.2, -0.15) is 0 Å². The zero-order valence-electron chi connectivity index (χ0n) is 13.6. The van der Waals surface area contributed by atoms with Crippen LogP contribution in [-0.2, 0) is 0 Å². The van der Waals surface area contributed by atoms with E-state index in [9.17, 15) is 4.39 Å². The standard InChI is InChI=1S/C20H25FO/c1-3-14-5-7-15(8-6-14)18-11-9-16-13-17(22-4-2)10-12-19(16)20(18)21/h9-15H,3-8H2,1-2H3. The zero-order chi connectivity index (χ0) is 15.5. The number of fused-ring (bicyclic) bond motifs is 1. The van der Waals surface area contributed by atoms with Gasteiger partial charge in [0.05, 0.1) is 6.61 Å². The summed E-state index contributed by atoms with van der Waals surface area (Å²) in [4.78, 5) is 0. The Morgan fingerprint density at radius 2 is 1.82 bits per heavy atom. The molecular weight excluding hydrogens is 275 g/mol. The second-order valence-corrected chi connectivity index (χ2v) is 6.41. The lowest BCUT2D eigenvalue weighted by atomic mass is 9.77. The Hall–Kier alpha value is -1.57. The zero-order valence-corrected chi connectivity index (χ0v) is 13.6. The van der Waals surface area contributed by atoms with Crippen LogP contribution in [0.2, 0.25) is 0 Å². The molecule has 22 heavy (non-hydrogen) atoms. The number of benzene rings is 2. The second kappa shape index (κ2) is 6.68. The third-order valence-corrected chi connectivity index (χ3v) is 5.13. The molecule has 0 aromatic heterocycles. The van der Waals surface area contributed by atoms with E-state index >= 15 is 0 Å². The molecule has 2 aromatic rings. The van der Waals surface area contributed by atoms with Crippen molar-refractivity contribution < 1.29 is 9.13 Å². The number of rotatable bonds is 4. The van der Waals surface area contributed by atoms with Gasteiger partial charge in [-0.05, 0) is 73.6 Å². The van der Waals surface area contributed by atoms with Crippen molar-refractivity contribution in [3.05, 3.63) is 41.7 Å². The van der Waals surface area contributed by atoms with Crippen molar-refractivity contribution in [1.29, 1.82) is 0 Å². The Kier molecular flexibility index (Phi) is 4.66. The third kappa shape index (κ3) is 2.97. The lowest BCUT2D eigenvalue weighted by Gasteiger charge is -2.28. The number of halogens is 1. The van der Waals surface area contributed by atoms with Gasteiger partial charge in [0.25, 0.3) is 0 Å². The van der Waals surface area contributed by atoms with Crippen LogP contribution in [0.15, 0.2) is 30.3 Å². The Balaban J connectivity index is 1.88. The van der Waals surface area contributed by atoms with Gasteiger partial charge in [0.2, 0.25) is 0 Å². The highest BCUT2D eigenvalue weighted by Crippen LogP contribution is 2.39. The summed E-state index contributed by atoms with van der Waals surface area (Å²) >= 11 is 0. The first kappa shape index (κ1) is 15.3. The van der Waals surface area contributed by atoms with E-state index in [4.69, 9.17) is 4.74 Å². The fraction of sp³-hybridized carbons (Fsp3) is 0.500. The third-order valence-electron chi connectivity index (χ3n) is 5.13. The molecule has 0 spiro atoms. The van der Waals surface area contributed by atoms with E-state index in [-0.39, 0.29) is 5.82 Å². The molecular formula is C20H25FO. The summed E-state index contributed by atoms with van der Waals surface area (Å²) in [6, 6.07) is 9.69. The molecule has 2 heteroatoms. The first-order valence-corrected chi connectivity index (χ1v) is 8.57. The average molecular weight is 300 g/mol. The molecule has 0 radical (unpaired) electrons. The predicted octanol–water partition coefficient (Wildman–Crippen LogP) is 6.06. The van der Waals surface area contributed by atoms with Gasteiger partial charge in [0, 0.05) is 5.39 Å². The van der Waals surface area contributed by atoms with Crippen molar-refractivity contribution in [3.8, 4) is 5.75 Å². The summed E-state index contributed by atoms with van der Waals surface area (Å²) in [6.07, 6.45) is 5.98. The molecule has 1 aliphatic rings. The van der Waals surface area contributed by atoms with E-state index in [0.717, 1.165) is 40.8 Å². The Bertz CT molecular complexity index is 641. The molecule has 0 heterocycles. The van der Waals surface area contributed by atoms with Crippen molar-refractivity contribution >= 4 is 10.8 Å². The van der Waals surface area contributed by atoms with Crippen molar-refractivity contribution in [3.63, 3.8) is 0 Å². The van der Waals surface area contributed by atoms with Crippen LogP contribution < -0.4 is 4.74 Å². The van der Waals surface area contributed by atoms with E-state index < -0.39 is 0 Å². The molecule has 0 amide bonds. The summed E-state index contributed by atoms with van der Waals surface area (Å²) < 4.78 is 20.4. The average Bonchev–Trinajstić information content (AvgIpc) is 2.56. The van der Waals surface area contributed by atoms with Crippen molar-refractivity contribution in [2.45, 2.75) is 51.9 Å². The summed E-state index contributed by atoms with van der Waals surface area (Å²) in [6.45, 7) is 4.85. The topological polar surface area (TPSA) is 9.23 Å². The lowest BCUT2D eigenvalue weighted by Crippen LogP contribution is -2.13. The molecule has 0 atom stereocenters. The fourth-order valence-electron chi connectivity index (χ4n) is 3.74. The molecule has 0 bridgehead atoms. The number of hydrogen-bond donors (Lipinski definition) is 0. The molecule has 1 nitrogen and oxygen atoms in total. The van der Waals surface area contributed by atoms with E-state index in [2.05, 4.69) is 6.92 Å². The van der Waals surface area contributed by atoms with Gasteiger partial charge in [-0.3, -0.25) is 0 Å². The molecule has 0 N–H and O–H groups in total. The van der Waals surface area contributed by atoms with Crippen LogP contribution in [0.5, 0.6) is 5.75 Å². The summed E-state index contributed by atoms with van der Waals surface area (Å²) in [7, 11) is 0. The predicted molar refractivity (Wildman–Crippen MR) is 90.1 cm³/mol. The van der Waals surface area contributed by atoms with Gasteiger partial charge < -0.3 is 4.74 Å². The SMILES string of the molecule is CCOc1ccc2c(F)c(C3CCC(CC)CC3)ccc2c1. The molecule has 0 saturated heterocycles. The maximum absolute atomic E-state index is 14.9. The first-order chi connectivity index (χ1) is 10.7. The normalized spacial score (nSPS) is 22.0. The smallest absolute Gasteiger partial charge is 0.134 e. The van der Waals surface area contributed by atoms with Gasteiger partial charge in [-0.15, -0.1) is 0 Å². The van der Waals surface area contributed by atoms with Crippen LogP contribution in [0.3, 0.4) is 0 Å². The second-order valence-electron chi connectivity index (χ2n) is 6.41. The molecule has 118 valence electrons. The highest BCUT2D eigenvalue weighted by Gasteiger charge is 2.24. The van der Waals surface area contributed by atoms with E-state index in [1.165, 1.54) is 19.3 Å². The van der Waals surface area contributed by atoms with Crippen LogP contribution in [-0.4, -0.2) is 6.61 Å². The molecule has 1 saturated carbocycles. The largest absolute Gasteiger partial charge is 0.494 e. The van der Waals surface area contributed by atoms with Crippen molar-refractivity contribution in [2.24, 2.45) is 5.92 Å². The molecule has 0 aliphatic heterocycles. The quantitative estimate of drug-likeness (QED) is 0.666. The van der Waals surface area contributed by atoms with E-state index in [1.54, 1.807) is 0 Å². The monoisotopic (exact) mass is 300 g/mol. The van der Waals surface area contributed by atoms with Crippen LogP contribution in [0.1, 0.15) is 57.4 Å². The maximum Gasteiger partial charge on any atom is 0.134 e. The van der Waals surface area contributed by atoms with Crippen molar-refractivity contribution in [1.82, 2.24) is 0 Å². The molecule has 1 aliphatic carbocycles.